The molecule has 8 heteroatoms. The van der Waals surface area contributed by atoms with Crippen LogP contribution >= 0.6 is 35.3 Å². The second kappa shape index (κ2) is 8.28. The molecule has 0 spiro atoms. The van der Waals surface area contributed by atoms with Crippen molar-refractivity contribution in [1.82, 2.24) is 9.88 Å². The van der Waals surface area contributed by atoms with Crippen molar-refractivity contribution in [2.75, 3.05) is 11.9 Å². The standard InChI is InChI=1S/C18H19N3O2S3/c1-3-12-4-6-13(7-5-12)8-14-9-19-17(26-14)20-15(22)10-21-16(23)11(2)25-18(21)24/h4-7,9,11H,3,8,10H2,1-2H3,(H,19,20,22). The minimum atomic E-state index is -0.288. The fourth-order valence-electron chi connectivity index (χ4n) is 2.56. The van der Waals surface area contributed by atoms with Crippen LogP contribution in [-0.2, 0) is 22.4 Å². The highest BCUT2D eigenvalue weighted by atomic mass is 32.2. The van der Waals surface area contributed by atoms with Gasteiger partial charge in [0.05, 0.1) is 5.25 Å². The summed E-state index contributed by atoms with van der Waals surface area (Å²) in [6.45, 7) is 3.86. The minimum absolute atomic E-state index is 0.0671. The van der Waals surface area contributed by atoms with Crippen molar-refractivity contribution in [3.8, 4) is 0 Å². The average molecular weight is 406 g/mol. The van der Waals surface area contributed by atoms with Crippen LogP contribution in [0.4, 0.5) is 5.13 Å². The van der Waals surface area contributed by atoms with Crippen LogP contribution in [0.3, 0.4) is 0 Å². The molecule has 1 atom stereocenters. The summed E-state index contributed by atoms with van der Waals surface area (Å²) in [5.41, 5.74) is 2.52. The second-order valence-corrected chi connectivity index (χ2v) is 9.07. The van der Waals surface area contributed by atoms with Crippen LogP contribution in [-0.4, -0.2) is 37.8 Å². The second-order valence-electron chi connectivity index (χ2n) is 5.98. The number of nitrogens with one attached hydrogen (secondary N) is 1. The number of thiocarbonyl (C=S) groups is 1. The Morgan fingerprint density at radius 1 is 1.31 bits per heavy atom. The molecule has 5 nitrogen and oxygen atoms in total. The number of hydrogen-bond donors (Lipinski definition) is 1. The Kier molecular flexibility index (Phi) is 6.05. The van der Waals surface area contributed by atoms with Gasteiger partial charge < -0.3 is 5.32 Å². The van der Waals surface area contributed by atoms with Gasteiger partial charge in [-0.15, -0.1) is 11.3 Å². The molecular weight excluding hydrogens is 386 g/mol. The molecule has 136 valence electrons. The first kappa shape index (κ1) is 19.0. The number of hydrogen-bond acceptors (Lipinski definition) is 6. The van der Waals surface area contributed by atoms with E-state index in [-0.39, 0.29) is 23.6 Å². The van der Waals surface area contributed by atoms with E-state index in [0.29, 0.717) is 9.45 Å². The quantitative estimate of drug-likeness (QED) is 0.746. The Bertz CT molecular complexity index is 832. The number of amides is 2. The zero-order valence-electron chi connectivity index (χ0n) is 14.5. The summed E-state index contributed by atoms with van der Waals surface area (Å²) >= 11 is 7.90. The van der Waals surface area contributed by atoms with Crippen molar-refractivity contribution in [2.45, 2.75) is 31.9 Å². The number of thioether (sulfide) groups is 1. The molecule has 1 saturated heterocycles. The summed E-state index contributed by atoms with van der Waals surface area (Å²) in [6, 6.07) is 8.51. The lowest BCUT2D eigenvalue weighted by Gasteiger charge is -2.13. The molecule has 1 N–H and O–H groups in total. The Hall–Kier alpha value is -1.77. The van der Waals surface area contributed by atoms with E-state index in [1.165, 1.54) is 39.1 Å². The van der Waals surface area contributed by atoms with Crippen molar-refractivity contribution in [3.63, 3.8) is 0 Å². The number of rotatable bonds is 6. The number of thiazole rings is 1. The van der Waals surface area contributed by atoms with Gasteiger partial charge in [0.25, 0.3) is 0 Å². The highest BCUT2D eigenvalue weighted by molar-refractivity contribution is 8.24. The predicted molar refractivity (Wildman–Crippen MR) is 111 cm³/mol. The number of aryl methyl sites for hydroxylation is 1. The average Bonchev–Trinajstić information content (AvgIpc) is 3.15. The maximum atomic E-state index is 12.2. The third-order valence-electron chi connectivity index (χ3n) is 4.02. The van der Waals surface area contributed by atoms with Crippen LogP contribution in [0, 0.1) is 0 Å². The van der Waals surface area contributed by atoms with E-state index in [2.05, 4.69) is 41.5 Å². The molecule has 2 aromatic rings. The SMILES string of the molecule is CCc1ccc(Cc2cnc(NC(=O)CN3C(=O)C(C)SC3=S)s2)cc1. The molecule has 1 fully saturated rings. The molecule has 0 aliphatic carbocycles. The van der Waals surface area contributed by atoms with Crippen molar-refractivity contribution in [3.05, 3.63) is 46.5 Å². The normalized spacial score (nSPS) is 17.0. The lowest BCUT2D eigenvalue weighted by Crippen LogP contribution is -2.37. The summed E-state index contributed by atoms with van der Waals surface area (Å²) in [5.74, 6) is -0.408. The van der Waals surface area contributed by atoms with Crippen LogP contribution in [0.5, 0.6) is 0 Å². The Labute approximate surface area is 166 Å². The van der Waals surface area contributed by atoms with Gasteiger partial charge in [-0.25, -0.2) is 4.98 Å². The van der Waals surface area contributed by atoms with E-state index in [1.54, 1.807) is 13.1 Å². The molecule has 1 aliphatic heterocycles. The Morgan fingerprint density at radius 2 is 2.00 bits per heavy atom. The Morgan fingerprint density at radius 3 is 2.62 bits per heavy atom. The first-order valence-electron chi connectivity index (χ1n) is 8.30. The van der Waals surface area contributed by atoms with Crippen LogP contribution in [0.2, 0.25) is 0 Å². The first-order valence-corrected chi connectivity index (χ1v) is 10.4. The third-order valence-corrected chi connectivity index (χ3v) is 6.42. The molecule has 1 aromatic carbocycles. The number of carbonyl (C=O) groups is 2. The largest absolute Gasteiger partial charge is 0.300 e. The van der Waals surface area contributed by atoms with E-state index < -0.39 is 0 Å². The molecule has 1 aromatic heterocycles. The minimum Gasteiger partial charge on any atom is -0.300 e. The highest BCUT2D eigenvalue weighted by Gasteiger charge is 2.34. The Balaban J connectivity index is 1.56. The summed E-state index contributed by atoms with van der Waals surface area (Å²) in [4.78, 5) is 30.9. The molecule has 0 saturated carbocycles. The molecule has 0 radical (unpaired) electrons. The molecule has 0 bridgehead atoms. The summed E-state index contributed by atoms with van der Waals surface area (Å²) in [6.07, 6.45) is 3.58. The van der Waals surface area contributed by atoms with Gasteiger partial charge in [0.2, 0.25) is 11.8 Å². The van der Waals surface area contributed by atoms with Gasteiger partial charge in [0.15, 0.2) is 5.13 Å². The van der Waals surface area contributed by atoms with Crippen molar-refractivity contribution >= 4 is 56.6 Å². The number of aromatic nitrogens is 1. The van der Waals surface area contributed by atoms with Crippen LogP contribution in [0.15, 0.2) is 30.5 Å². The number of anilines is 1. The maximum Gasteiger partial charge on any atom is 0.246 e. The van der Waals surface area contributed by atoms with Crippen LogP contribution < -0.4 is 5.32 Å². The smallest absolute Gasteiger partial charge is 0.246 e. The van der Waals surface area contributed by atoms with Gasteiger partial charge in [0, 0.05) is 17.5 Å². The van der Waals surface area contributed by atoms with Crippen LogP contribution in [0.1, 0.15) is 29.9 Å². The van der Waals surface area contributed by atoms with Crippen molar-refractivity contribution < 1.29 is 9.59 Å². The van der Waals surface area contributed by atoms with Gasteiger partial charge >= 0.3 is 0 Å². The predicted octanol–water partition coefficient (Wildman–Crippen LogP) is 3.48. The molecule has 1 aliphatic rings. The molecule has 3 rings (SSSR count). The number of carbonyl (C=O) groups excluding carboxylic acids is 2. The van der Waals surface area contributed by atoms with E-state index in [0.717, 1.165) is 17.7 Å². The zero-order valence-corrected chi connectivity index (χ0v) is 17.0. The molecule has 2 amide bonds. The molecular formula is C18H19N3O2S3. The number of nitrogens with zero attached hydrogens (tertiary/aromatic N) is 2. The lowest BCUT2D eigenvalue weighted by atomic mass is 10.1. The van der Waals surface area contributed by atoms with E-state index in [9.17, 15) is 9.59 Å². The van der Waals surface area contributed by atoms with Gasteiger partial charge in [-0.2, -0.15) is 0 Å². The fraction of sp³-hybridized carbons (Fsp3) is 0.333. The monoisotopic (exact) mass is 405 g/mol. The first-order chi connectivity index (χ1) is 12.5. The van der Waals surface area contributed by atoms with Crippen molar-refractivity contribution in [1.29, 1.82) is 0 Å². The van der Waals surface area contributed by atoms with E-state index >= 15 is 0 Å². The molecule has 26 heavy (non-hydrogen) atoms. The summed E-state index contributed by atoms with van der Waals surface area (Å²) in [5, 5.41) is 3.07. The van der Waals surface area contributed by atoms with Gasteiger partial charge in [-0.05, 0) is 24.5 Å². The summed E-state index contributed by atoms with van der Waals surface area (Å²) in [7, 11) is 0. The van der Waals surface area contributed by atoms with E-state index in [4.69, 9.17) is 12.2 Å². The van der Waals surface area contributed by atoms with Crippen LogP contribution in [0.25, 0.3) is 0 Å². The lowest BCUT2D eigenvalue weighted by molar-refractivity contribution is -0.129. The summed E-state index contributed by atoms with van der Waals surface area (Å²) < 4.78 is 0.452. The molecule has 1 unspecified atom stereocenters. The van der Waals surface area contributed by atoms with E-state index in [1.807, 2.05) is 0 Å². The third kappa shape index (κ3) is 4.49. The number of benzene rings is 1. The van der Waals surface area contributed by atoms with Crippen molar-refractivity contribution in [2.24, 2.45) is 0 Å². The van der Waals surface area contributed by atoms with Gasteiger partial charge in [0.1, 0.15) is 10.9 Å². The topological polar surface area (TPSA) is 62.3 Å². The maximum absolute atomic E-state index is 12.2. The van der Waals surface area contributed by atoms with Gasteiger partial charge in [-0.3, -0.25) is 14.5 Å². The molecule has 2 heterocycles. The fourth-order valence-corrected chi connectivity index (χ4v) is 4.82. The van der Waals surface area contributed by atoms with Gasteiger partial charge in [-0.1, -0.05) is 55.2 Å². The zero-order chi connectivity index (χ0) is 18.7. The highest BCUT2D eigenvalue weighted by Crippen LogP contribution is 2.27.